The third-order valence-corrected chi connectivity index (χ3v) is 1.90. The lowest BCUT2D eigenvalue weighted by Gasteiger charge is -2.19. The Hall–Kier alpha value is -1.54. The van der Waals surface area contributed by atoms with Crippen LogP contribution in [0.25, 0.3) is 0 Å². The van der Waals surface area contributed by atoms with Gasteiger partial charge in [-0.1, -0.05) is 27.8 Å². The number of ether oxygens (including phenoxy) is 3. The van der Waals surface area contributed by atoms with Gasteiger partial charge in [-0.15, -0.1) is 12.8 Å². The number of alkyl halides is 1. The van der Waals surface area contributed by atoms with Crippen molar-refractivity contribution in [3.05, 3.63) is 0 Å². The van der Waals surface area contributed by atoms with Crippen molar-refractivity contribution >= 4 is 27.9 Å². The highest BCUT2D eigenvalue weighted by atomic mass is 79.9. The van der Waals surface area contributed by atoms with Crippen LogP contribution in [0.3, 0.4) is 0 Å². The van der Waals surface area contributed by atoms with Crippen LogP contribution >= 0.6 is 15.9 Å². The number of aliphatic hydroxyl groups excluding tert-OH is 1. The fourth-order valence-corrected chi connectivity index (χ4v) is 1.05. The Morgan fingerprint density at radius 2 is 1.36 bits per heavy atom. The molecule has 0 saturated carbocycles. The molecule has 0 aliphatic carbocycles. The van der Waals surface area contributed by atoms with Gasteiger partial charge in [0.15, 0.2) is 0 Å². The van der Waals surface area contributed by atoms with Gasteiger partial charge in [-0.3, -0.25) is 4.79 Å². The van der Waals surface area contributed by atoms with E-state index in [1.54, 1.807) is 20.8 Å². The summed E-state index contributed by atoms with van der Waals surface area (Å²) in [7, 11) is 0. The molecule has 0 bridgehead atoms. The molecule has 0 spiro atoms. The molecule has 0 aromatic heterocycles. The SMILES string of the molecule is C#CCO.C#CCOCC(=O)OC(C)(C)C.CC(C)(C)OC(=O)CBr. The Labute approximate surface area is 159 Å². The second-order valence-electron chi connectivity index (χ2n) is 6.37. The lowest BCUT2D eigenvalue weighted by Crippen LogP contribution is -2.26. The van der Waals surface area contributed by atoms with E-state index < -0.39 is 11.6 Å². The number of esters is 2. The van der Waals surface area contributed by atoms with Crippen molar-refractivity contribution in [1.82, 2.24) is 0 Å². The van der Waals surface area contributed by atoms with Gasteiger partial charge in [-0.2, -0.15) is 0 Å². The molecular formula is C18H29BrO6. The number of hydrogen-bond donors (Lipinski definition) is 1. The fourth-order valence-electron chi connectivity index (χ4n) is 0.933. The highest BCUT2D eigenvalue weighted by Crippen LogP contribution is 2.07. The summed E-state index contributed by atoms with van der Waals surface area (Å²) in [6.45, 7) is 10.8. The minimum absolute atomic E-state index is 0.0819. The highest BCUT2D eigenvalue weighted by Gasteiger charge is 2.15. The van der Waals surface area contributed by atoms with Crippen molar-refractivity contribution in [3.8, 4) is 24.7 Å². The average molecular weight is 421 g/mol. The zero-order chi connectivity index (χ0) is 20.5. The maximum Gasteiger partial charge on any atom is 0.332 e. The van der Waals surface area contributed by atoms with Crippen molar-refractivity contribution < 1.29 is 28.9 Å². The maximum atomic E-state index is 10.9. The van der Waals surface area contributed by atoms with Gasteiger partial charge in [0.2, 0.25) is 0 Å². The first kappa shape index (κ1) is 28.3. The smallest absolute Gasteiger partial charge is 0.332 e. The molecule has 0 rings (SSSR count). The molecule has 25 heavy (non-hydrogen) atoms. The Kier molecular flexibility index (Phi) is 18.0. The zero-order valence-electron chi connectivity index (χ0n) is 15.8. The Morgan fingerprint density at radius 1 is 0.960 bits per heavy atom. The summed E-state index contributed by atoms with van der Waals surface area (Å²) in [6.07, 6.45) is 9.44. The largest absolute Gasteiger partial charge is 0.459 e. The van der Waals surface area contributed by atoms with Gasteiger partial charge in [0.05, 0.1) is 0 Å². The van der Waals surface area contributed by atoms with Crippen molar-refractivity contribution in [2.75, 3.05) is 25.2 Å². The molecule has 0 atom stereocenters. The second kappa shape index (κ2) is 16.0. The van der Waals surface area contributed by atoms with Gasteiger partial charge >= 0.3 is 11.9 Å². The Morgan fingerprint density at radius 3 is 1.60 bits per heavy atom. The number of rotatable bonds is 4. The molecule has 0 unspecified atom stereocenters. The normalized spacial score (nSPS) is 9.84. The van der Waals surface area contributed by atoms with Gasteiger partial charge in [0, 0.05) is 0 Å². The van der Waals surface area contributed by atoms with Crippen LogP contribution in [0.2, 0.25) is 0 Å². The summed E-state index contributed by atoms with van der Waals surface area (Å²) in [5, 5.41) is 7.91. The molecule has 6 nitrogen and oxygen atoms in total. The summed E-state index contributed by atoms with van der Waals surface area (Å²) in [5.74, 6) is 3.63. The van der Waals surface area contributed by atoms with Crippen molar-refractivity contribution in [2.45, 2.75) is 52.7 Å². The molecule has 0 aliphatic heterocycles. The van der Waals surface area contributed by atoms with Crippen LogP contribution < -0.4 is 0 Å². The van der Waals surface area contributed by atoms with Crippen LogP contribution in [-0.4, -0.2) is 53.4 Å². The Balaban J connectivity index is -0.000000328. The monoisotopic (exact) mass is 420 g/mol. The van der Waals surface area contributed by atoms with E-state index >= 15 is 0 Å². The summed E-state index contributed by atoms with van der Waals surface area (Å²) in [6, 6.07) is 0. The second-order valence-corrected chi connectivity index (χ2v) is 6.93. The molecule has 0 saturated heterocycles. The van der Waals surface area contributed by atoms with Crippen molar-refractivity contribution in [1.29, 1.82) is 0 Å². The van der Waals surface area contributed by atoms with Crippen LogP contribution in [0.15, 0.2) is 0 Å². The summed E-state index contributed by atoms with van der Waals surface area (Å²) in [5.41, 5.74) is -0.818. The first-order valence-corrected chi connectivity index (χ1v) is 8.50. The summed E-state index contributed by atoms with van der Waals surface area (Å²) < 4.78 is 14.6. The first-order valence-electron chi connectivity index (χ1n) is 7.38. The van der Waals surface area contributed by atoms with Crippen LogP contribution in [0.5, 0.6) is 0 Å². The molecule has 0 amide bonds. The van der Waals surface area contributed by atoms with E-state index in [4.69, 9.17) is 25.7 Å². The molecule has 144 valence electrons. The standard InChI is InChI=1S/C9H14O3.C6H11BrO2.C3H4O/c1-5-6-11-7-8(10)12-9(2,3)4;1-6(2,3)9-5(8)4-7;1-2-3-4/h1H,6-7H2,2-4H3;4H2,1-3H3;1,4H,3H2. The van der Waals surface area contributed by atoms with Crippen molar-refractivity contribution in [2.24, 2.45) is 0 Å². The average Bonchev–Trinajstić information content (AvgIpc) is 2.45. The van der Waals surface area contributed by atoms with Crippen LogP contribution in [-0.2, 0) is 23.8 Å². The molecule has 0 aliphatic rings. The topological polar surface area (TPSA) is 82.1 Å². The molecular weight excluding hydrogens is 392 g/mol. The molecule has 0 radical (unpaired) electrons. The van der Waals surface area contributed by atoms with E-state index in [1.165, 1.54) is 0 Å². The lowest BCUT2D eigenvalue weighted by molar-refractivity contribution is -0.159. The van der Waals surface area contributed by atoms with Crippen LogP contribution in [0.1, 0.15) is 41.5 Å². The molecule has 1 N–H and O–H groups in total. The van der Waals surface area contributed by atoms with E-state index in [9.17, 15) is 9.59 Å². The number of carbonyl (C=O) groups excluding carboxylic acids is 2. The molecule has 0 aromatic rings. The first-order chi connectivity index (χ1) is 11.3. The number of terminal acetylenes is 2. The van der Waals surface area contributed by atoms with Gasteiger partial charge in [0.1, 0.15) is 36.4 Å². The van der Waals surface area contributed by atoms with Gasteiger partial charge in [-0.05, 0) is 41.5 Å². The van der Waals surface area contributed by atoms with E-state index in [0.717, 1.165) is 0 Å². The number of halogens is 1. The van der Waals surface area contributed by atoms with E-state index in [-0.39, 0.29) is 36.7 Å². The summed E-state index contributed by atoms with van der Waals surface area (Å²) in [4.78, 5) is 21.5. The lowest BCUT2D eigenvalue weighted by atomic mass is 10.2. The predicted molar refractivity (Wildman–Crippen MR) is 101 cm³/mol. The van der Waals surface area contributed by atoms with Gasteiger partial charge in [-0.25, -0.2) is 4.79 Å². The maximum absolute atomic E-state index is 10.9. The number of aliphatic hydroxyl groups is 1. The number of carbonyl (C=O) groups is 2. The number of hydrogen-bond acceptors (Lipinski definition) is 6. The molecule has 7 heteroatoms. The van der Waals surface area contributed by atoms with E-state index in [2.05, 4.69) is 28.3 Å². The quantitative estimate of drug-likeness (QED) is 0.325. The molecule has 0 heterocycles. The van der Waals surface area contributed by atoms with Gasteiger partial charge < -0.3 is 19.3 Å². The van der Waals surface area contributed by atoms with E-state index in [0.29, 0.717) is 0 Å². The molecule has 0 aromatic carbocycles. The fraction of sp³-hybridized carbons (Fsp3) is 0.667. The zero-order valence-corrected chi connectivity index (χ0v) is 17.4. The third-order valence-electron chi connectivity index (χ3n) is 1.45. The van der Waals surface area contributed by atoms with Gasteiger partial charge in [0.25, 0.3) is 0 Å². The highest BCUT2D eigenvalue weighted by molar-refractivity contribution is 9.09. The summed E-state index contributed by atoms with van der Waals surface area (Å²) >= 11 is 2.99. The van der Waals surface area contributed by atoms with E-state index in [1.807, 2.05) is 26.7 Å². The predicted octanol–water partition coefficient (Wildman–Crippen LogP) is 2.31. The van der Waals surface area contributed by atoms with Crippen LogP contribution in [0.4, 0.5) is 0 Å². The third kappa shape index (κ3) is 34.7. The van der Waals surface area contributed by atoms with Crippen LogP contribution in [0, 0.1) is 24.7 Å². The minimum atomic E-state index is -0.462. The molecule has 0 fully saturated rings. The Bertz CT molecular complexity index is 446. The minimum Gasteiger partial charge on any atom is -0.459 e. The van der Waals surface area contributed by atoms with Crippen molar-refractivity contribution in [3.63, 3.8) is 0 Å².